The van der Waals surface area contributed by atoms with Gasteiger partial charge in [0, 0.05) is 30.9 Å². The molecule has 1 aliphatic heterocycles. The van der Waals surface area contributed by atoms with Gasteiger partial charge < -0.3 is 20.1 Å². The number of pyridine rings is 1. The molecule has 6 heteroatoms. The summed E-state index contributed by atoms with van der Waals surface area (Å²) >= 11 is 0. The number of morpholine rings is 1. The Morgan fingerprint density at radius 2 is 2.12 bits per heavy atom. The Morgan fingerprint density at radius 3 is 2.85 bits per heavy atom. The number of rotatable bonds is 4. The number of hydrogen-bond acceptors (Lipinski definition) is 4. The Balaban J connectivity index is 1.59. The number of hydrogen-bond donors (Lipinski definition) is 2. The number of amides is 2. The van der Waals surface area contributed by atoms with Crippen molar-refractivity contribution < 1.29 is 14.6 Å². The molecule has 0 bridgehead atoms. The Hall–Kier alpha value is -2.60. The number of phenolic OH excluding ortho intramolecular Hbond substituents is 1. The largest absolute Gasteiger partial charge is 0.508 e. The van der Waals surface area contributed by atoms with E-state index in [1.807, 2.05) is 18.2 Å². The highest BCUT2D eigenvalue weighted by molar-refractivity contribution is 5.74. The van der Waals surface area contributed by atoms with E-state index in [4.69, 9.17) is 4.74 Å². The maximum Gasteiger partial charge on any atom is 0.317 e. The minimum Gasteiger partial charge on any atom is -0.508 e. The van der Waals surface area contributed by atoms with E-state index < -0.39 is 0 Å². The molecule has 1 aromatic carbocycles. The predicted octanol–water partition coefficient (Wildman–Crippen LogP) is 2.85. The van der Waals surface area contributed by atoms with Crippen molar-refractivity contribution in [3.8, 4) is 5.75 Å². The highest BCUT2D eigenvalue weighted by Gasteiger charge is 2.27. The number of nitrogens with one attached hydrogen (secondary N) is 1. The smallest absolute Gasteiger partial charge is 0.317 e. The second-order valence-electron chi connectivity index (χ2n) is 7.18. The molecule has 2 amide bonds. The summed E-state index contributed by atoms with van der Waals surface area (Å²) in [6.45, 7) is 6.21. The molecule has 26 heavy (non-hydrogen) atoms. The molecule has 1 aliphatic rings. The van der Waals surface area contributed by atoms with Crippen LogP contribution in [-0.2, 0) is 10.2 Å². The van der Waals surface area contributed by atoms with Gasteiger partial charge in [0.15, 0.2) is 0 Å². The second kappa shape index (κ2) is 7.74. The molecule has 138 valence electrons. The van der Waals surface area contributed by atoms with Crippen LogP contribution in [0.25, 0.3) is 0 Å². The van der Waals surface area contributed by atoms with Gasteiger partial charge in [-0.15, -0.1) is 0 Å². The van der Waals surface area contributed by atoms with Gasteiger partial charge in [-0.1, -0.05) is 26.0 Å². The SMILES string of the molecule is CC(C)(CNC(=O)N1CCO[C@H](c2cccc(O)c2)C1)c1ccncc1. The molecule has 2 heterocycles. The molecule has 6 nitrogen and oxygen atoms in total. The normalized spacial score (nSPS) is 17.8. The van der Waals surface area contributed by atoms with Crippen LogP contribution >= 0.6 is 0 Å². The molecule has 1 fully saturated rings. The molecular weight excluding hydrogens is 330 g/mol. The number of urea groups is 1. The van der Waals surface area contributed by atoms with Gasteiger partial charge in [0.05, 0.1) is 13.2 Å². The van der Waals surface area contributed by atoms with Crippen LogP contribution in [0.5, 0.6) is 5.75 Å². The summed E-state index contributed by atoms with van der Waals surface area (Å²) in [4.78, 5) is 18.4. The van der Waals surface area contributed by atoms with Gasteiger partial charge in [-0.2, -0.15) is 0 Å². The zero-order chi connectivity index (χ0) is 18.6. The number of carbonyl (C=O) groups is 1. The summed E-state index contributed by atoms with van der Waals surface area (Å²) in [5.74, 6) is 0.201. The highest BCUT2D eigenvalue weighted by atomic mass is 16.5. The molecule has 0 unspecified atom stereocenters. The van der Waals surface area contributed by atoms with Crippen LogP contribution in [0.3, 0.4) is 0 Å². The van der Waals surface area contributed by atoms with Crippen molar-refractivity contribution >= 4 is 6.03 Å². The first kappa shape index (κ1) is 18.2. The van der Waals surface area contributed by atoms with Crippen molar-refractivity contribution in [3.05, 3.63) is 59.9 Å². The zero-order valence-corrected chi connectivity index (χ0v) is 15.2. The van der Waals surface area contributed by atoms with Gasteiger partial charge >= 0.3 is 6.03 Å². The summed E-state index contributed by atoms with van der Waals surface area (Å²) < 4.78 is 5.77. The third kappa shape index (κ3) is 4.32. The van der Waals surface area contributed by atoms with E-state index in [9.17, 15) is 9.90 Å². The molecule has 3 rings (SSSR count). The summed E-state index contributed by atoms with van der Waals surface area (Å²) in [6.07, 6.45) is 3.30. The van der Waals surface area contributed by atoms with Crippen LogP contribution in [0, 0.1) is 0 Å². The topological polar surface area (TPSA) is 74.7 Å². The van der Waals surface area contributed by atoms with E-state index in [1.54, 1.807) is 35.5 Å². The summed E-state index contributed by atoms with van der Waals surface area (Å²) in [5, 5.41) is 12.7. The maximum atomic E-state index is 12.6. The van der Waals surface area contributed by atoms with Crippen molar-refractivity contribution in [2.75, 3.05) is 26.2 Å². The number of aromatic nitrogens is 1. The van der Waals surface area contributed by atoms with E-state index in [-0.39, 0.29) is 23.3 Å². The standard InChI is InChI=1S/C20H25N3O3/c1-20(2,16-6-8-21-9-7-16)14-22-19(25)23-10-11-26-18(13-23)15-4-3-5-17(24)12-15/h3-9,12,18,24H,10-11,13-14H2,1-2H3,(H,22,25)/t18-/m0/s1. The molecule has 2 aromatic rings. The Kier molecular flexibility index (Phi) is 5.42. The van der Waals surface area contributed by atoms with Gasteiger partial charge in [0.2, 0.25) is 0 Å². The van der Waals surface area contributed by atoms with Crippen molar-refractivity contribution in [1.82, 2.24) is 15.2 Å². The molecular formula is C20H25N3O3. The first-order chi connectivity index (χ1) is 12.5. The molecule has 0 radical (unpaired) electrons. The number of carbonyl (C=O) groups excluding carboxylic acids is 1. The second-order valence-corrected chi connectivity index (χ2v) is 7.18. The van der Waals surface area contributed by atoms with E-state index in [2.05, 4.69) is 24.1 Å². The lowest BCUT2D eigenvalue weighted by Gasteiger charge is -2.34. The van der Waals surface area contributed by atoms with E-state index in [1.165, 1.54) is 0 Å². The lowest BCUT2D eigenvalue weighted by Crippen LogP contribution is -2.49. The molecule has 0 spiro atoms. The molecule has 1 atom stereocenters. The van der Waals surface area contributed by atoms with Crippen LogP contribution in [0.2, 0.25) is 0 Å². The van der Waals surface area contributed by atoms with E-state index in [0.29, 0.717) is 26.2 Å². The number of nitrogens with zero attached hydrogens (tertiary/aromatic N) is 2. The maximum absolute atomic E-state index is 12.6. The van der Waals surface area contributed by atoms with E-state index in [0.717, 1.165) is 11.1 Å². The summed E-state index contributed by atoms with van der Waals surface area (Å²) in [7, 11) is 0. The van der Waals surface area contributed by atoms with Gasteiger partial charge in [0.1, 0.15) is 11.9 Å². The molecule has 1 aromatic heterocycles. The molecule has 0 saturated carbocycles. The van der Waals surface area contributed by atoms with Crippen molar-refractivity contribution in [2.24, 2.45) is 0 Å². The fraction of sp³-hybridized carbons (Fsp3) is 0.400. The number of aromatic hydroxyl groups is 1. The fourth-order valence-corrected chi connectivity index (χ4v) is 3.07. The van der Waals surface area contributed by atoms with Crippen molar-refractivity contribution in [2.45, 2.75) is 25.4 Å². The average Bonchev–Trinajstić information content (AvgIpc) is 2.67. The quantitative estimate of drug-likeness (QED) is 0.884. The summed E-state index contributed by atoms with van der Waals surface area (Å²) in [6, 6.07) is 10.8. The van der Waals surface area contributed by atoms with Crippen LogP contribution < -0.4 is 5.32 Å². The van der Waals surface area contributed by atoms with Crippen molar-refractivity contribution in [1.29, 1.82) is 0 Å². The van der Waals surface area contributed by atoms with E-state index >= 15 is 0 Å². The van der Waals surface area contributed by atoms with Gasteiger partial charge in [0.25, 0.3) is 0 Å². The number of phenols is 1. The van der Waals surface area contributed by atoms with Crippen LogP contribution in [-0.4, -0.2) is 47.3 Å². The first-order valence-corrected chi connectivity index (χ1v) is 8.79. The van der Waals surface area contributed by atoms with Crippen LogP contribution in [0.15, 0.2) is 48.8 Å². The minimum absolute atomic E-state index is 0.0967. The minimum atomic E-state index is -0.227. The van der Waals surface area contributed by atoms with Crippen molar-refractivity contribution in [3.63, 3.8) is 0 Å². The predicted molar refractivity (Wildman–Crippen MR) is 99.0 cm³/mol. The third-order valence-corrected chi connectivity index (χ3v) is 4.74. The fourth-order valence-electron chi connectivity index (χ4n) is 3.07. The number of ether oxygens (including phenoxy) is 1. The Morgan fingerprint density at radius 1 is 1.35 bits per heavy atom. The summed E-state index contributed by atoms with van der Waals surface area (Å²) in [5.41, 5.74) is 1.82. The molecule has 2 N–H and O–H groups in total. The van der Waals surface area contributed by atoms with Gasteiger partial charge in [-0.25, -0.2) is 4.79 Å². The Labute approximate surface area is 153 Å². The average molecular weight is 355 g/mol. The zero-order valence-electron chi connectivity index (χ0n) is 15.2. The molecule has 0 aliphatic carbocycles. The van der Waals surface area contributed by atoms with Gasteiger partial charge in [-0.3, -0.25) is 4.98 Å². The van der Waals surface area contributed by atoms with Gasteiger partial charge in [-0.05, 0) is 35.4 Å². The first-order valence-electron chi connectivity index (χ1n) is 8.79. The third-order valence-electron chi connectivity index (χ3n) is 4.74. The number of benzene rings is 1. The monoisotopic (exact) mass is 355 g/mol. The van der Waals surface area contributed by atoms with Crippen LogP contribution in [0.4, 0.5) is 4.79 Å². The molecule has 1 saturated heterocycles. The Bertz CT molecular complexity index is 749. The highest BCUT2D eigenvalue weighted by Crippen LogP contribution is 2.25. The van der Waals surface area contributed by atoms with Crippen LogP contribution in [0.1, 0.15) is 31.1 Å². The lowest BCUT2D eigenvalue weighted by atomic mass is 9.85. The lowest BCUT2D eigenvalue weighted by molar-refractivity contribution is -0.0156.